The zero-order valence-electron chi connectivity index (χ0n) is 1.00. The van der Waals surface area contributed by atoms with Crippen LogP contribution in [0.4, 0.5) is 0 Å². The van der Waals surface area contributed by atoms with E-state index < -0.39 is 0 Å². The third kappa shape index (κ3) is 9.08. The molecule has 0 heterocycles. The molecule has 0 rings (SSSR count). The van der Waals surface area contributed by atoms with Gasteiger partial charge in [0, 0.05) is 38.3 Å². The molecule has 0 amide bonds. The molecule has 0 saturated heterocycles. The topological polar surface area (TPSA) is 0 Å². The predicted molar refractivity (Wildman–Crippen MR) is 28.6 cm³/mol. The minimum atomic E-state index is 0. The first-order valence-electron chi connectivity index (χ1n) is 0. The van der Waals surface area contributed by atoms with E-state index in [2.05, 4.69) is 0 Å². The normalized spacial score (nSPS) is 0. The van der Waals surface area contributed by atoms with E-state index in [0.717, 1.165) is 0 Å². The second-order valence-corrected chi connectivity index (χ2v) is 0. The predicted octanol–water partition coefficient (Wildman–Crippen LogP) is -2.59. The first kappa shape index (κ1) is 25.9. The molecular formula is H4BaMgPbSi. The third-order valence-corrected chi connectivity index (χ3v) is 0. The van der Waals surface area contributed by atoms with E-state index in [4.69, 9.17) is 0 Å². The fourth-order valence-corrected chi connectivity index (χ4v) is 0. The van der Waals surface area contributed by atoms with Crippen molar-refractivity contribution in [1.29, 1.82) is 0 Å². The van der Waals surface area contributed by atoms with E-state index >= 15 is 0 Å². The smallest absolute Gasteiger partial charge is 0 e. The second-order valence-electron chi connectivity index (χ2n) is 0. The zero-order valence-corrected chi connectivity index (χ0v) is 5.89. The van der Waals surface area contributed by atoms with Crippen LogP contribution in [0.15, 0.2) is 0 Å². The van der Waals surface area contributed by atoms with Crippen LogP contribution in [0, 0.1) is 0 Å². The van der Waals surface area contributed by atoms with Gasteiger partial charge in [-0.1, -0.05) is 0 Å². The molecule has 0 bridgehead atoms. The summed E-state index contributed by atoms with van der Waals surface area (Å²) in [5.74, 6) is 0. The first-order chi connectivity index (χ1) is 0. The Bertz CT molecular complexity index is 8.00. The molecule has 0 unspecified atom stereocenters. The Balaban J connectivity index is 0. The average Bonchev–Trinajstić information content (AvgIpc) is 0. The van der Waals surface area contributed by atoms with Crippen molar-refractivity contribution in [2.24, 2.45) is 0 Å². The molecule has 0 aliphatic heterocycles. The summed E-state index contributed by atoms with van der Waals surface area (Å²) in [6, 6.07) is 0. The summed E-state index contributed by atoms with van der Waals surface area (Å²) in [5, 5.41) is 0. The molecule has 0 fully saturated rings. The molecule has 0 atom stereocenters. The van der Waals surface area contributed by atoms with Crippen molar-refractivity contribution in [2.75, 3.05) is 0 Å². The maximum atomic E-state index is 0. The zero-order chi connectivity index (χ0) is 0. The van der Waals surface area contributed by atoms with E-state index in [9.17, 15) is 0 Å². The van der Waals surface area contributed by atoms with Gasteiger partial charge in [-0.25, -0.2) is 0 Å². The first-order valence-corrected chi connectivity index (χ1v) is 0. The molecule has 4 heteroatoms. The molecular weight excluding hydrogens is 397 g/mol. The summed E-state index contributed by atoms with van der Waals surface area (Å²) < 4.78 is 0. The molecule has 0 N–H and O–H groups in total. The maximum Gasteiger partial charge on any atom is 0.316 e. The standard InChI is InChI=1S/Ba.Mg.Pb.Si.4H. The molecule has 4 heavy (non-hydrogen) atoms. The van der Waals surface area contributed by atoms with Crippen LogP contribution in [-0.2, 0) is 0 Å². The molecule has 0 aromatic carbocycles. The van der Waals surface area contributed by atoms with Gasteiger partial charge >= 0.3 is 71.9 Å². The van der Waals surface area contributed by atoms with Crippen molar-refractivity contribution >= 4 is 110 Å². The Hall–Kier alpha value is 3.48. The molecule has 0 aromatic rings. The molecule has 8 radical (unpaired) electrons. The second kappa shape index (κ2) is 16.1. The van der Waals surface area contributed by atoms with Crippen molar-refractivity contribution in [3.8, 4) is 0 Å². The van der Waals surface area contributed by atoms with Gasteiger partial charge in [-0.15, -0.1) is 0 Å². The number of hydrogen-bond donors (Lipinski definition) is 0. The third-order valence-electron chi connectivity index (χ3n) is 0. The van der Waals surface area contributed by atoms with Crippen LogP contribution in [0.2, 0.25) is 0 Å². The Labute approximate surface area is 107 Å². The van der Waals surface area contributed by atoms with Gasteiger partial charge in [-0.05, 0) is 0 Å². The largest absolute Gasteiger partial charge is 0.316 e. The van der Waals surface area contributed by atoms with Crippen LogP contribution >= 0.6 is 0 Å². The monoisotopic (exact) mass is 402 g/mol. The molecule has 0 nitrogen and oxygen atoms in total. The van der Waals surface area contributed by atoms with Crippen molar-refractivity contribution < 1.29 is 0 Å². The Morgan fingerprint density at radius 3 is 1.00 bits per heavy atom. The van der Waals surface area contributed by atoms with Crippen LogP contribution in [0.3, 0.4) is 0 Å². The Kier molecular flexibility index (Phi) is 104. The van der Waals surface area contributed by atoms with Gasteiger partial charge in [0.15, 0.2) is 0 Å². The summed E-state index contributed by atoms with van der Waals surface area (Å²) in [7, 11) is 0. The van der Waals surface area contributed by atoms with Crippen LogP contribution in [0.5, 0.6) is 0 Å². The number of hydrogen-bond acceptors (Lipinski definition) is 0. The SMILES string of the molecule is [BaH2].[MgH2].[Pb].[Si]. The Morgan fingerprint density at radius 1 is 1.00 bits per heavy atom. The summed E-state index contributed by atoms with van der Waals surface area (Å²) in [6.45, 7) is 0. The van der Waals surface area contributed by atoms with Crippen molar-refractivity contribution in [3.05, 3.63) is 0 Å². The van der Waals surface area contributed by atoms with E-state index in [1.54, 1.807) is 0 Å². The minimum Gasteiger partial charge on any atom is 0 e. The van der Waals surface area contributed by atoms with E-state index in [-0.39, 0.29) is 110 Å². The summed E-state index contributed by atoms with van der Waals surface area (Å²) in [6.07, 6.45) is 0. The molecule has 0 spiro atoms. The van der Waals surface area contributed by atoms with E-state index in [1.807, 2.05) is 0 Å². The van der Waals surface area contributed by atoms with Gasteiger partial charge < -0.3 is 0 Å². The van der Waals surface area contributed by atoms with Crippen molar-refractivity contribution in [3.63, 3.8) is 0 Å². The van der Waals surface area contributed by atoms with E-state index in [1.165, 1.54) is 0 Å². The van der Waals surface area contributed by atoms with E-state index in [0.29, 0.717) is 0 Å². The van der Waals surface area contributed by atoms with Crippen LogP contribution < -0.4 is 0 Å². The summed E-state index contributed by atoms with van der Waals surface area (Å²) in [4.78, 5) is 0. The molecule has 0 aromatic heterocycles. The van der Waals surface area contributed by atoms with Crippen LogP contribution in [0.1, 0.15) is 0 Å². The maximum absolute atomic E-state index is 0. The van der Waals surface area contributed by atoms with Crippen molar-refractivity contribution in [2.45, 2.75) is 0 Å². The fourth-order valence-electron chi connectivity index (χ4n) is 0. The van der Waals surface area contributed by atoms with Crippen molar-refractivity contribution in [1.82, 2.24) is 0 Å². The number of rotatable bonds is 0. The van der Waals surface area contributed by atoms with Gasteiger partial charge in [0.25, 0.3) is 0 Å². The molecule has 0 aliphatic rings. The van der Waals surface area contributed by atoms with Gasteiger partial charge in [-0.2, -0.15) is 0 Å². The summed E-state index contributed by atoms with van der Waals surface area (Å²) >= 11 is 0. The molecule has 16 valence electrons. The molecule has 0 saturated carbocycles. The van der Waals surface area contributed by atoms with Gasteiger partial charge in [0.05, 0.1) is 0 Å². The minimum absolute atomic E-state index is 0. The Morgan fingerprint density at radius 2 is 1.00 bits per heavy atom. The quantitative estimate of drug-likeness (QED) is 0.391. The van der Waals surface area contributed by atoms with Crippen LogP contribution in [-0.4, -0.2) is 110 Å². The van der Waals surface area contributed by atoms with Gasteiger partial charge in [-0.3, -0.25) is 0 Å². The summed E-state index contributed by atoms with van der Waals surface area (Å²) in [5.41, 5.74) is 0. The van der Waals surface area contributed by atoms with Gasteiger partial charge in [0.2, 0.25) is 0 Å². The fraction of sp³-hybridized carbons (Fsp3) is 0. The molecule has 0 aliphatic carbocycles. The average molecular weight is 401 g/mol. The van der Waals surface area contributed by atoms with Gasteiger partial charge in [0.1, 0.15) is 0 Å². The van der Waals surface area contributed by atoms with Crippen LogP contribution in [0.25, 0.3) is 0 Å².